The normalized spacial score (nSPS) is 10.4. The first kappa shape index (κ1) is 12.0. The Morgan fingerprint density at radius 1 is 1.14 bits per heavy atom. The first-order chi connectivity index (χ1) is 6.60. The largest absolute Gasteiger partial charge is 0.493 e. The lowest BCUT2D eigenvalue weighted by Crippen LogP contribution is -1.93. The SMILES string of the molecule is COc1cc(Br)c(C(Cl)Cl)cc1OC. The van der Waals surface area contributed by atoms with Crippen molar-refractivity contribution < 1.29 is 9.47 Å². The lowest BCUT2D eigenvalue weighted by Gasteiger charge is -2.12. The van der Waals surface area contributed by atoms with Crippen molar-refractivity contribution in [3.63, 3.8) is 0 Å². The fourth-order valence-corrected chi connectivity index (χ4v) is 2.21. The maximum absolute atomic E-state index is 5.77. The predicted octanol–water partition coefficient (Wildman–Crippen LogP) is 3.94. The zero-order valence-electron chi connectivity index (χ0n) is 7.68. The summed E-state index contributed by atoms with van der Waals surface area (Å²) in [5, 5.41) is 0. The molecular formula is C9H9BrCl2O2. The van der Waals surface area contributed by atoms with Gasteiger partial charge in [0.25, 0.3) is 0 Å². The minimum atomic E-state index is -0.593. The Balaban J connectivity index is 3.23. The van der Waals surface area contributed by atoms with Crippen LogP contribution in [0, 0.1) is 0 Å². The topological polar surface area (TPSA) is 18.5 Å². The summed E-state index contributed by atoms with van der Waals surface area (Å²) in [6, 6.07) is 3.51. The van der Waals surface area contributed by atoms with Gasteiger partial charge < -0.3 is 9.47 Å². The number of hydrogen-bond acceptors (Lipinski definition) is 2. The second kappa shape index (κ2) is 5.10. The lowest BCUT2D eigenvalue weighted by molar-refractivity contribution is 0.354. The molecule has 0 saturated carbocycles. The Bertz CT molecular complexity index is 329. The molecule has 0 atom stereocenters. The molecule has 0 aliphatic rings. The molecule has 1 aromatic rings. The first-order valence-corrected chi connectivity index (χ1v) is 5.46. The van der Waals surface area contributed by atoms with E-state index in [-0.39, 0.29) is 0 Å². The molecular weight excluding hydrogens is 291 g/mol. The molecule has 0 fully saturated rings. The summed E-state index contributed by atoms with van der Waals surface area (Å²) in [5.41, 5.74) is 0.756. The molecule has 1 aromatic carbocycles. The highest BCUT2D eigenvalue weighted by atomic mass is 79.9. The number of hydrogen-bond donors (Lipinski definition) is 0. The van der Waals surface area contributed by atoms with Crippen LogP contribution in [0.1, 0.15) is 10.4 Å². The highest BCUT2D eigenvalue weighted by molar-refractivity contribution is 9.10. The molecule has 0 heterocycles. The average Bonchev–Trinajstić information content (AvgIpc) is 2.16. The monoisotopic (exact) mass is 298 g/mol. The Labute approximate surface area is 101 Å². The summed E-state index contributed by atoms with van der Waals surface area (Å²) in [4.78, 5) is -0.593. The van der Waals surface area contributed by atoms with Crippen LogP contribution in [0.15, 0.2) is 16.6 Å². The van der Waals surface area contributed by atoms with E-state index < -0.39 is 4.84 Å². The van der Waals surface area contributed by atoms with Gasteiger partial charge >= 0.3 is 0 Å². The maximum atomic E-state index is 5.77. The van der Waals surface area contributed by atoms with E-state index in [0.717, 1.165) is 10.0 Å². The van der Waals surface area contributed by atoms with Crippen molar-refractivity contribution in [2.45, 2.75) is 4.84 Å². The number of halogens is 3. The van der Waals surface area contributed by atoms with E-state index in [4.69, 9.17) is 32.7 Å². The summed E-state index contributed by atoms with van der Waals surface area (Å²) < 4.78 is 11.0. The van der Waals surface area contributed by atoms with Crippen LogP contribution in [-0.4, -0.2) is 14.2 Å². The van der Waals surface area contributed by atoms with Gasteiger partial charge in [-0.3, -0.25) is 0 Å². The zero-order valence-corrected chi connectivity index (χ0v) is 10.8. The van der Waals surface area contributed by atoms with Gasteiger partial charge in [0.2, 0.25) is 0 Å². The van der Waals surface area contributed by atoms with Gasteiger partial charge in [-0.05, 0) is 12.1 Å². The molecule has 0 radical (unpaired) electrons. The number of rotatable bonds is 3. The van der Waals surface area contributed by atoms with Crippen LogP contribution < -0.4 is 9.47 Å². The molecule has 14 heavy (non-hydrogen) atoms. The van der Waals surface area contributed by atoms with Crippen LogP contribution in [-0.2, 0) is 0 Å². The summed E-state index contributed by atoms with van der Waals surface area (Å²) in [7, 11) is 3.13. The third kappa shape index (κ3) is 2.47. The Hall–Kier alpha value is -0.120. The van der Waals surface area contributed by atoms with Crippen LogP contribution in [0.5, 0.6) is 11.5 Å². The molecule has 0 aromatic heterocycles. The van der Waals surface area contributed by atoms with Crippen molar-refractivity contribution >= 4 is 39.1 Å². The second-order valence-electron chi connectivity index (χ2n) is 2.53. The lowest BCUT2D eigenvalue weighted by atomic mass is 10.2. The van der Waals surface area contributed by atoms with Crippen molar-refractivity contribution in [2.75, 3.05) is 14.2 Å². The summed E-state index contributed by atoms with van der Waals surface area (Å²) in [5.74, 6) is 1.24. The van der Waals surface area contributed by atoms with E-state index in [2.05, 4.69) is 15.9 Å². The molecule has 0 saturated heterocycles. The van der Waals surface area contributed by atoms with Gasteiger partial charge in [-0.1, -0.05) is 15.9 Å². The highest BCUT2D eigenvalue weighted by Crippen LogP contribution is 2.39. The number of benzene rings is 1. The predicted molar refractivity (Wildman–Crippen MR) is 61.7 cm³/mol. The fraction of sp³-hybridized carbons (Fsp3) is 0.333. The van der Waals surface area contributed by atoms with Gasteiger partial charge in [0.1, 0.15) is 4.84 Å². The van der Waals surface area contributed by atoms with Crippen LogP contribution in [0.25, 0.3) is 0 Å². The minimum absolute atomic E-state index is 0.593. The average molecular weight is 300 g/mol. The van der Waals surface area contributed by atoms with Crippen molar-refractivity contribution in [1.29, 1.82) is 0 Å². The molecule has 1 rings (SSSR count). The molecule has 0 aliphatic carbocycles. The Morgan fingerprint density at radius 2 is 1.64 bits per heavy atom. The van der Waals surface area contributed by atoms with Crippen molar-refractivity contribution in [1.82, 2.24) is 0 Å². The molecule has 0 aliphatic heterocycles. The van der Waals surface area contributed by atoms with E-state index in [0.29, 0.717) is 11.5 Å². The van der Waals surface area contributed by atoms with Gasteiger partial charge in [-0.15, -0.1) is 23.2 Å². The van der Waals surface area contributed by atoms with Crippen LogP contribution in [0.3, 0.4) is 0 Å². The maximum Gasteiger partial charge on any atom is 0.161 e. The molecule has 0 unspecified atom stereocenters. The van der Waals surface area contributed by atoms with Gasteiger partial charge in [-0.25, -0.2) is 0 Å². The third-order valence-electron chi connectivity index (χ3n) is 1.74. The Morgan fingerprint density at radius 3 is 2.07 bits per heavy atom. The molecule has 0 spiro atoms. The molecule has 78 valence electrons. The number of alkyl halides is 2. The minimum Gasteiger partial charge on any atom is -0.493 e. The molecule has 0 N–H and O–H groups in total. The second-order valence-corrected chi connectivity index (χ2v) is 4.48. The van der Waals surface area contributed by atoms with E-state index >= 15 is 0 Å². The quantitative estimate of drug-likeness (QED) is 0.787. The first-order valence-electron chi connectivity index (χ1n) is 3.79. The van der Waals surface area contributed by atoms with Gasteiger partial charge in [0.15, 0.2) is 11.5 Å². The van der Waals surface area contributed by atoms with E-state index in [1.165, 1.54) is 0 Å². The van der Waals surface area contributed by atoms with E-state index in [1.807, 2.05) is 0 Å². The van der Waals surface area contributed by atoms with Crippen LogP contribution in [0.4, 0.5) is 0 Å². The van der Waals surface area contributed by atoms with Crippen LogP contribution in [0.2, 0.25) is 0 Å². The number of methoxy groups -OCH3 is 2. The standard InChI is InChI=1S/C9H9BrCl2O2/c1-13-7-3-5(9(11)12)6(10)4-8(7)14-2/h3-4,9H,1-2H3. The van der Waals surface area contributed by atoms with Crippen molar-refractivity contribution in [3.05, 3.63) is 22.2 Å². The fourth-order valence-electron chi connectivity index (χ4n) is 1.04. The molecule has 0 bridgehead atoms. The van der Waals surface area contributed by atoms with E-state index in [9.17, 15) is 0 Å². The van der Waals surface area contributed by atoms with Gasteiger partial charge in [0.05, 0.1) is 14.2 Å². The summed E-state index contributed by atoms with van der Waals surface area (Å²) in [6.07, 6.45) is 0. The summed E-state index contributed by atoms with van der Waals surface area (Å²) in [6.45, 7) is 0. The molecule has 5 heteroatoms. The van der Waals surface area contributed by atoms with Crippen molar-refractivity contribution in [3.8, 4) is 11.5 Å². The summed E-state index contributed by atoms with van der Waals surface area (Å²) >= 11 is 14.9. The van der Waals surface area contributed by atoms with E-state index in [1.54, 1.807) is 26.4 Å². The molecule has 2 nitrogen and oxygen atoms in total. The smallest absolute Gasteiger partial charge is 0.161 e. The highest BCUT2D eigenvalue weighted by Gasteiger charge is 2.13. The third-order valence-corrected chi connectivity index (χ3v) is 2.89. The van der Waals surface area contributed by atoms with Gasteiger partial charge in [-0.2, -0.15) is 0 Å². The van der Waals surface area contributed by atoms with Gasteiger partial charge in [0, 0.05) is 10.0 Å². The molecule has 0 amide bonds. The van der Waals surface area contributed by atoms with Crippen molar-refractivity contribution in [2.24, 2.45) is 0 Å². The van der Waals surface area contributed by atoms with Crippen LogP contribution >= 0.6 is 39.1 Å². The zero-order chi connectivity index (χ0) is 10.7. The number of ether oxygens (including phenoxy) is 2. The Kier molecular flexibility index (Phi) is 4.35.